The van der Waals surface area contributed by atoms with E-state index >= 15 is 0 Å². The average molecular weight is 337 g/mol. The van der Waals surface area contributed by atoms with Gasteiger partial charge in [0.1, 0.15) is 5.82 Å². The third kappa shape index (κ3) is 3.85. The molecule has 1 spiro atoms. The molecule has 2 heteroatoms. The van der Waals surface area contributed by atoms with Gasteiger partial charge in [-0.3, -0.25) is 0 Å². The van der Waals surface area contributed by atoms with Gasteiger partial charge in [-0.05, 0) is 85.5 Å². The summed E-state index contributed by atoms with van der Waals surface area (Å²) in [7, 11) is 0. The zero-order chi connectivity index (χ0) is 17.9. The molecule has 1 fully saturated rings. The summed E-state index contributed by atoms with van der Waals surface area (Å²) in [5.74, 6) is -0.164. The Bertz CT molecular complexity index is 745. The van der Waals surface area contributed by atoms with Crippen LogP contribution in [0, 0.1) is 11.2 Å². The molecule has 0 amide bonds. The molecular weight excluding hydrogens is 309 g/mol. The monoisotopic (exact) mass is 337 g/mol. The first-order chi connectivity index (χ1) is 12.1. The van der Waals surface area contributed by atoms with Crippen molar-refractivity contribution in [3.63, 3.8) is 0 Å². The predicted octanol–water partition coefficient (Wildman–Crippen LogP) is 5.60. The van der Waals surface area contributed by atoms with Crippen LogP contribution in [0.25, 0.3) is 5.57 Å². The molecule has 0 atom stereocenters. The summed E-state index contributed by atoms with van der Waals surface area (Å²) in [6.45, 7) is 10.3. The van der Waals surface area contributed by atoms with Crippen LogP contribution in [0.4, 0.5) is 4.39 Å². The fourth-order valence-corrected chi connectivity index (χ4v) is 3.92. The molecule has 1 aliphatic heterocycles. The van der Waals surface area contributed by atoms with Crippen molar-refractivity contribution in [3.05, 3.63) is 77.2 Å². The van der Waals surface area contributed by atoms with Crippen molar-refractivity contribution in [1.29, 1.82) is 0 Å². The number of piperidine rings is 1. The summed E-state index contributed by atoms with van der Waals surface area (Å²) in [5, 5.41) is 3.47. The molecule has 132 valence electrons. The largest absolute Gasteiger partial charge is 0.317 e. The minimum Gasteiger partial charge on any atom is -0.317 e. The number of allylic oxidation sites excluding steroid dienone is 7. The number of fused-ring (bicyclic) bond motifs is 1. The Labute approximate surface area is 151 Å². The third-order valence-corrected chi connectivity index (χ3v) is 5.53. The molecule has 25 heavy (non-hydrogen) atoms. The highest BCUT2D eigenvalue weighted by atomic mass is 19.1. The molecule has 1 aliphatic carbocycles. The standard InChI is InChI=1S/C23H28FN/c1-4-17(3)6-7-18(5-2)22-16-23(10-12-25-13-11-23)15-19-8-9-20(24)14-21(19)22/h5-9,14,16,25H,3-4,10-13,15H2,1-2H3/b7-6-,18-5+. The summed E-state index contributed by atoms with van der Waals surface area (Å²) in [5.41, 5.74) is 5.93. The lowest BCUT2D eigenvalue weighted by atomic mass is 9.67. The Hall–Kier alpha value is -1.93. The highest BCUT2D eigenvalue weighted by Crippen LogP contribution is 2.45. The van der Waals surface area contributed by atoms with E-state index < -0.39 is 0 Å². The average Bonchev–Trinajstić information content (AvgIpc) is 2.63. The van der Waals surface area contributed by atoms with Crippen molar-refractivity contribution in [2.45, 2.75) is 39.5 Å². The van der Waals surface area contributed by atoms with Crippen molar-refractivity contribution in [3.8, 4) is 0 Å². The van der Waals surface area contributed by atoms with E-state index in [9.17, 15) is 4.39 Å². The summed E-state index contributed by atoms with van der Waals surface area (Å²) in [6.07, 6.45) is 13.0. The van der Waals surface area contributed by atoms with E-state index in [2.05, 4.69) is 50.0 Å². The van der Waals surface area contributed by atoms with Gasteiger partial charge >= 0.3 is 0 Å². The number of rotatable bonds is 4. The van der Waals surface area contributed by atoms with Gasteiger partial charge < -0.3 is 5.32 Å². The summed E-state index contributed by atoms with van der Waals surface area (Å²) in [4.78, 5) is 0. The van der Waals surface area contributed by atoms with E-state index in [1.807, 2.05) is 6.07 Å². The lowest BCUT2D eigenvalue weighted by molar-refractivity contribution is 0.268. The predicted molar refractivity (Wildman–Crippen MR) is 105 cm³/mol. The van der Waals surface area contributed by atoms with Crippen molar-refractivity contribution in [2.75, 3.05) is 13.1 Å². The van der Waals surface area contributed by atoms with Crippen molar-refractivity contribution in [1.82, 2.24) is 5.32 Å². The molecular formula is C23H28FN. The molecule has 0 unspecified atom stereocenters. The van der Waals surface area contributed by atoms with Gasteiger partial charge in [0.05, 0.1) is 0 Å². The fraction of sp³-hybridized carbons (Fsp3) is 0.391. The summed E-state index contributed by atoms with van der Waals surface area (Å²) < 4.78 is 13.9. The van der Waals surface area contributed by atoms with Gasteiger partial charge in [-0.2, -0.15) is 0 Å². The second kappa shape index (κ2) is 7.53. The molecule has 1 aromatic carbocycles. The first kappa shape index (κ1) is 17.9. The molecule has 0 bridgehead atoms. The number of halogens is 1. The Morgan fingerprint density at radius 2 is 2.04 bits per heavy atom. The molecule has 2 aliphatic rings. The number of benzene rings is 1. The Morgan fingerprint density at radius 3 is 2.72 bits per heavy atom. The number of hydrogen-bond acceptors (Lipinski definition) is 1. The topological polar surface area (TPSA) is 12.0 Å². The van der Waals surface area contributed by atoms with E-state index in [0.717, 1.165) is 55.5 Å². The smallest absolute Gasteiger partial charge is 0.123 e. The van der Waals surface area contributed by atoms with Crippen LogP contribution in [0.3, 0.4) is 0 Å². The molecule has 0 saturated carbocycles. The highest BCUT2D eigenvalue weighted by Gasteiger charge is 2.35. The second-order valence-corrected chi connectivity index (χ2v) is 7.24. The quantitative estimate of drug-likeness (QED) is 0.705. The van der Waals surface area contributed by atoms with Crippen LogP contribution < -0.4 is 5.32 Å². The zero-order valence-corrected chi connectivity index (χ0v) is 15.4. The van der Waals surface area contributed by atoms with Crippen LogP contribution in [0.5, 0.6) is 0 Å². The molecule has 3 rings (SSSR count). The molecule has 0 radical (unpaired) electrons. The van der Waals surface area contributed by atoms with E-state index in [0.29, 0.717) is 0 Å². The van der Waals surface area contributed by atoms with Crippen LogP contribution in [-0.4, -0.2) is 13.1 Å². The Balaban J connectivity index is 2.07. The summed E-state index contributed by atoms with van der Waals surface area (Å²) >= 11 is 0. The van der Waals surface area contributed by atoms with Gasteiger partial charge in [0.15, 0.2) is 0 Å². The van der Waals surface area contributed by atoms with E-state index in [-0.39, 0.29) is 11.2 Å². The normalized spacial score (nSPS) is 19.8. The molecule has 1 N–H and O–H groups in total. The fourth-order valence-electron chi connectivity index (χ4n) is 3.92. The minimum atomic E-state index is -0.164. The molecule has 1 saturated heterocycles. The Morgan fingerprint density at radius 1 is 1.28 bits per heavy atom. The van der Waals surface area contributed by atoms with Crippen molar-refractivity contribution < 1.29 is 4.39 Å². The Kier molecular flexibility index (Phi) is 5.39. The lowest BCUT2D eigenvalue weighted by Crippen LogP contribution is -2.38. The second-order valence-electron chi connectivity index (χ2n) is 7.24. The zero-order valence-electron chi connectivity index (χ0n) is 15.4. The van der Waals surface area contributed by atoms with Crippen molar-refractivity contribution in [2.24, 2.45) is 5.41 Å². The number of hydrogen-bond donors (Lipinski definition) is 1. The lowest BCUT2D eigenvalue weighted by Gasteiger charge is -2.40. The van der Waals surface area contributed by atoms with Gasteiger partial charge in [-0.25, -0.2) is 4.39 Å². The molecule has 0 aromatic heterocycles. The van der Waals surface area contributed by atoms with Gasteiger partial charge in [0.2, 0.25) is 0 Å². The van der Waals surface area contributed by atoms with Crippen LogP contribution in [-0.2, 0) is 6.42 Å². The SMILES string of the molecule is C=C(/C=C\C(=C/C)C1=CC2(CCNCC2)Cc2ccc(F)cc21)CC. The minimum absolute atomic E-state index is 0.164. The van der Waals surface area contributed by atoms with E-state index in [1.54, 1.807) is 12.1 Å². The van der Waals surface area contributed by atoms with Crippen LogP contribution in [0.1, 0.15) is 44.2 Å². The summed E-state index contributed by atoms with van der Waals surface area (Å²) in [6, 6.07) is 5.27. The third-order valence-electron chi connectivity index (χ3n) is 5.53. The van der Waals surface area contributed by atoms with Gasteiger partial charge in [0, 0.05) is 0 Å². The van der Waals surface area contributed by atoms with Crippen LogP contribution in [0.2, 0.25) is 0 Å². The highest BCUT2D eigenvalue weighted by molar-refractivity contribution is 5.85. The maximum absolute atomic E-state index is 13.9. The van der Waals surface area contributed by atoms with Crippen LogP contribution >= 0.6 is 0 Å². The van der Waals surface area contributed by atoms with E-state index in [4.69, 9.17) is 0 Å². The number of nitrogens with one attached hydrogen (secondary N) is 1. The maximum atomic E-state index is 13.9. The van der Waals surface area contributed by atoms with Gasteiger partial charge in [0.25, 0.3) is 0 Å². The first-order valence-corrected chi connectivity index (χ1v) is 9.32. The molecule has 1 heterocycles. The maximum Gasteiger partial charge on any atom is 0.123 e. The first-order valence-electron chi connectivity index (χ1n) is 9.32. The van der Waals surface area contributed by atoms with Gasteiger partial charge in [-0.15, -0.1) is 0 Å². The molecule has 1 aromatic rings. The van der Waals surface area contributed by atoms with Crippen molar-refractivity contribution >= 4 is 5.57 Å². The van der Waals surface area contributed by atoms with E-state index in [1.165, 1.54) is 11.1 Å². The van der Waals surface area contributed by atoms with Crippen LogP contribution in [0.15, 0.2) is 60.2 Å². The molecule has 1 nitrogen and oxygen atoms in total. The van der Waals surface area contributed by atoms with Gasteiger partial charge in [-0.1, -0.05) is 49.4 Å².